The Bertz CT molecular complexity index is 1360. The molecular weight excluding hydrogens is 440 g/mol. The Hall–Kier alpha value is -3.95. The zero-order chi connectivity index (χ0) is 23.9. The van der Waals surface area contributed by atoms with E-state index in [0.29, 0.717) is 5.65 Å². The molecule has 4 aromatic rings. The molecule has 0 bridgehead atoms. The number of rotatable bonds is 5. The maximum Gasteiger partial charge on any atom is 0.262 e. The topological polar surface area (TPSA) is 69.0 Å². The van der Waals surface area contributed by atoms with Crippen molar-refractivity contribution in [1.29, 1.82) is 0 Å². The van der Waals surface area contributed by atoms with Gasteiger partial charge in [-0.2, -0.15) is 10.1 Å². The van der Waals surface area contributed by atoms with Gasteiger partial charge in [0.2, 0.25) is 5.88 Å². The van der Waals surface area contributed by atoms with E-state index in [9.17, 15) is 22.4 Å². The van der Waals surface area contributed by atoms with Crippen LogP contribution in [0.25, 0.3) is 16.7 Å². The number of aryl methyl sites for hydroxylation is 3. The molecule has 2 aromatic carbocycles. The molecule has 2 aromatic heterocycles. The third kappa shape index (κ3) is 4.23. The zero-order valence-corrected chi connectivity index (χ0v) is 17.8. The number of anilines is 1. The van der Waals surface area contributed by atoms with Gasteiger partial charge in [0.05, 0.1) is 11.4 Å². The molecule has 0 fully saturated rings. The summed E-state index contributed by atoms with van der Waals surface area (Å²) in [5.41, 5.74) is 2.66. The van der Waals surface area contributed by atoms with Crippen LogP contribution in [-0.4, -0.2) is 27.3 Å². The van der Waals surface area contributed by atoms with E-state index in [1.165, 1.54) is 0 Å². The van der Waals surface area contributed by atoms with Crippen LogP contribution < -0.4 is 10.1 Å². The summed E-state index contributed by atoms with van der Waals surface area (Å²) < 4.78 is 61.2. The van der Waals surface area contributed by atoms with Gasteiger partial charge in [-0.25, -0.2) is 22.2 Å². The van der Waals surface area contributed by atoms with Crippen molar-refractivity contribution in [3.05, 3.63) is 76.5 Å². The normalized spacial score (nSPS) is 11.1. The first-order valence-corrected chi connectivity index (χ1v) is 9.85. The maximum atomic E-state index is 13.8. The lowest BCUT2D eigenvalue weighted by Crippen LogP contribution is -2.22. The van der Waals surface area contributed by atoms with Gasteiger partial charge in [-0.15, -0.1) is 0 Å². The Labute approximate surface area is 185 Å². The van der Waals surface area contributed by atoms with Gasteiger partial charge < -0.3 is 10.1 Å². The number of nitrogens with zero attached hydrogens (tertiary/aromatic N) is 3. The number of carbonyl (C=O) groups is 1. The van der Waals surface area contributed by atoms with Gasteiger partial charge in [-0.1, -0.05) is 17.7 Å². The average molecular weight is 458 g/mol. The van der Waals surface area contributed by atoms with Crippen molar-refractivity contribution in [3.8, 4) is 11.6 Å². The molecule has 4 rings (SSSR count). The lowest BCUT2D eigenvalue weighted by atomic mass is 10.1. The molecule has 0 atom stereocenters. The number of halogens is 4. The van der Waals surface area contributed by atoms with E-state index in [0.717, 1.165) is 27.9 Å². The summed E-state index contributed by atoms with van der Waals surface area (Å²) in [5, 5.41) is 7.14. The van der Waals surface area contributed by atoms with Crippen molar-refractivity contribution in [3.63, 3.8) is 0 Å². The molecule has 170 valence electrons. The number of aromatic nitrogens is 3. The van der Waals surface area contributed by atoms with E-state index in [1.54, 1.807) is 16.1 Å². The van der Waals surface area contributed by atoms with Crippen LogP contribution in [0.15, 0.2) is 36.4 Å². The van der Waals surface area contributed by atoms with E-state index in [1.807, 2.05) is 45.0 Å². The fraction of sp³-hybridized carbons (Fsp3) is 0.174. The number of amides is 1. The van der Waals surface area contributed by atoms with Crippen LogP contribution >= 0.6 is 0 Å². The molecule has 33 heavy (non-hydrogen) atoms. The van der Waals surface area contributed by atoms with E-state index in [4.69, 9.17) is 4.74 Å². The number of hydrogen-bond acceptors (Lipinski definition) is 4. The predicted octanol–water partition coefficient (Wildman–Crippen LogP) is 4.92. The SMILES string of the molecule is Cc1ccc(-n2nc(C)c3c(C)cc(OCC(=O)Nc4c(F)c(F)cc(F)c4F)nc32)cc1. The van der Waals surface area contributed by atoms with Crippen LogP contribution in [0.1, 0.15) is 16.8 Å². The fourth-order valence-electron chi connectivity index (χ4n) is 3.41. The highest BCUT2D eigenvalue weighted by Crippen LogP contribution is 2.27. The summed E-state index contributed by atoms with van der Waals surface area (Å²) in [4.78, 5) is 16.6. The van der Waals surface area contributed by atoms with Gasteiger partial charge >= 0.3 is 0 Å². The van der Waals surface area contributed by atoms with Crippen molar-refractivity contribution in [2.45, 2.75) is 20.8 Å². The number of hydrogen-bond donors (Lipinski definition) is 1. The molecule has 0 aliphatic carbocycles. The molecule has 0 radical (unpaired) electrons. The maximum absolute atomic E-state index is 13.8. The highest BCUT2D eigenvalue weighted by Gasteiger charge is 2.21. The Balaban J connectivity index is 1.59. The lowest BCUT2D eigenvalue weighted by Gasteiger charge is -2.11. The number of carbonyl (C=O) groups excluding carboxylic acids is 1. The molecule has 0 saturated carbocycles. The van der Waals surface area contributed by atoms with Crippen LogP contribution in [0.3, 0.4) is 0 Å². The molecule has 0 unspecified atom stereocenters. The summed E-state index contributed by atoms with van der Waals surface area (Å²) >= 11 is 0. The van der Waals surface area contributed by atoms with Crippen molar-refractivity contribution in [2.24, 2.45) is 0 Å². The Morgan fingerprint density at radius 3 is 2.27 bits per heavy atom. The minimum absolute atomic E-state index is 0.0535. The van der Waals surface area contributed by atoms with Gasteiger partial charge in [0, 0.05) is 17.5 Å². The number of nitrogens with one attached hydrogen (secondary N) is 1. The first-order valence-electron chi connectivity index (χ1n) is 9.85. The zero-order valence-electron chi connectivity index (χ0n) is 17.8. The molecule has 0 saturated heterocycles. The van der Waals surface area contributed by atoms with Gasteiger partial charge in [0.1, 0.15) is 5.69 Å². The smallest absolute Gasteiger partial charge is 0.262 e. The van der Waals surface area contributed by atoms with Crippen LogP contribution in [0.5, 0.6) is 5.88 Å². The minimum atomic E-state index is -1.71. The Kier molecular flexibility index (Phi) is 5.75. The van der Waals surface area contributed by atoms with E-state index in [2.05, 4.69) is 10.1 Å². The van der Waals surface area contributed by atoms with Crippen LogP contribution in [-0.2, 0) is 4.79 Å². The second kappa shape index (κ2) is 8.53. The Morgan fingerprint density at radius 2 is 1.64 bits per heavy atom. The molecular formula is C23H18F4N4O2. The second-order valence-corrected chi connectivity index (χ2v) is 7.49. The Morgan fingerprint density at radius 1 is 1.00 bits per heavy atom. The first kappa shape index (κ1) is 22.3. The van der Waals surface area contributed by atoms with Gasteiger partial charge in [0.15, 0.2) is 35.5 Å². The van der Waals surface area contributed by atoms with Crippen LogP contribution in [0.4, 0.5) is 23.2 Å². The quantitative estimate of drug-likeness (QED) is 0.341. The average Bonchev–Trinajstić information content (AvgIpc) is 3.11. The van der Waals surface area contributed by atoms with Gasteiger partial charge in [0.25, 0.3) is 5.91 Å². The highest BCUT2D eigenvalue weighted by molar-refractivity contribution is 5.92. The van der Waals surface area contributed by atoms with E-state index >= 15 is 0 Å². The third-order valence-electron chi connectivity index (χ3n) is 4.99. The summed E-state index contributed by atoms with van der Waals surface area (Å²) in [5.74, 6) is -7.65. The predicted molar refractivity (Wildman–Crippen MR) is 113 cm³/mol. The molecule has 0 spiro atoms. The number of ether oxygens (including phenoxy) is 1. The van der Waals surface area contributed by atoms with Crippen molar-refractivity contribution in [1.82, 2.24) is 14.8 Å². The summed E-state index contributed by atoms with van der Waals surface area (Å²) in [6.07, 6.45) is 0. The summed E-state index contributed by atoms with van der Waals surface area (Å²) in [6.45, 7) is 4.93. The van der Waals surface area contributed by atoms with Gasteiger partial charge in [-0.3, -0.25) is 4.79 Å². The standard InChI is InChI=1S/C23H18F4N4O2/c1-11-4-6-14(7-5-11)31-23-19(13(3)30-31)12(2)8-18(29-23)33-10-17(32)28-22-20(26)15(24)9-16(25)21(22)27/h4-9H,10H2,1-3H3,(H,28,32). The van der Waals surface area contributed by atoms with E-state index in [-0.39, 0.29) is 11.9 Å². The third-order valence-corrected chi connectivity index (χ3v) is 4.99. The van der Waals surface area contributed by atoms with Crippen molar-refractivity contribution in [2.75, 3.05) is 11.9 Å². The summed E-state index contributed by atoms with van der Waals surface area (Å²) in [7, 11) is 0. The highest BCUT2D eigenvalue weighted by atomic mass is 19.2. The summed E-state index contributed by atoms with van der Waals surface area (Å²) in [6, 6.07) is 9.29. The van der Waals surface area contributed by atoms with E-state index < -0.39 is 41.5 Å². The second-order valence-electron chi connectivity index (χ2n) is 7.49. The van der Waals surface area contributed by atoms with Crippen molar-refractivity contribution < 1.29 is 27.1 Å². The monoisotopic (exact) mass is 458 g/mol. The molecule has 1 N–H and O–H groups in total. The molecule has 6 nitrogen and oxygen atoms in total. The lowest BCUT2D eigenvalue weighted by molar-refractivity contribution is -0.118. The number of benzene rings is 2. The van der Waals surface area contributed by atoms with Crippen LogP contribution in [0.2, 0.25) is 0 Å². The minimum Gasteiger partial charge on any atom is -0.467 e. The van der Waals surface area contributed by atoms with Gasteiger partial charge in [-0.05, 0) is 38.5 Å². The number of pyridine rings is 1. The van der Waals surface area contributed by atoms with Crippen LogP contribution in [0, 0.1) is 44.0 Å². The molecule has 10 heteroatoms. The number of fused-ring (bicyclic) bond motifs is 1. The molecule has 0 aliphatic heterocycles. The van der Waals surface area contributed by atoms with Crippen molar-refractivity contribution >= 4 is 22.6 Å². The molecule has 1 amide bonds. The molecule has 0 aliphatic rings. The fourth-order valence-corrected chi connectivity index (χ4v) is 3.41. The largest absolute Gasteiger partial charge is 0.467 e. The first-order chi connectivity index (χ1) is 15.7. The molecule has 2 heterocycles.